The number of benzene rings is 3. The zero-order chi connectivity index (χ0) is 33.2. The van der Waals surface area contributed by atoms with Gasteiger partial charge in [0.15, 0.2) is 0 Å². The van der Waals surface area contributed by atoms with Crippen molar-refractivity contribution < 1.29 is 18.8 Å². The van der Waals surface area contributed by atoms with E-state index in [0.29, 0.717) is 43.3 Å². The molecule has 11 heteroatoms. The molecule has 0 saturated carbocycles. The lowest BCUT2D eigenvalue weighted by Gasteiger charge is -2.40. The Bertz CT molecular complexity index is 1770. The zero-order valence-electron chi connectivity index (χ0n) is 26.9. The van der Waals surface area contributed by atoms with Crippen molar-refractivity contribution >= 4 is 46.0 Å². The summed E-state index contributed by atoms with van der Waals surface area (Å²) in [5, 5.41) is 4.73. The summed E-state index contributed by atoms with van der Waals surface area (Å²) in [5.74, 6) is -0.977. The van der Waals surface area contributed by atoms with Gasteiger partial charge >= 0.3 is 6.03 Å². The smallest absolute Gasteiger partial charge is 0.318 e. The molecule has 246 valence electrons. The molecule has 3 aromatic carbocycles. The molecule has 47 heavy (non-hydrogen) atoms. The summed E-state index contributed by atoms with van der Waals surface area (Å²) >= 11 is 6.40. The van der Waals surface area contributed by atoms with Crippen LogP contribution in [0.4, 0.5) is 14.9 Å². The molecule has 9 nitrogen and oxygen atoms in total. The molecule has 4 aromatic rings. The van der Waals surface area contributed by atoms with Gasteiger partial charge in [0.25, 0.3) is 5.91 Å². The summed E-state index contributed by atoms with van der Waals surface area (Å²) in [7, 11) is 4.05. The quantitative estimate of drug-likeness (QED) is 0.280. The maximum absolute atomic E-state index is 14.7. The van der Waals surface area contributed by atoms with Crippen molar-refractivity contribution in [1.82, 2.24) is 25.0 Å². The Hall–Kier alpha value is -4.41. The maximum Gasteiger partial charge on any atom is 0.318 e. The molecule has 0 aliphatic carbocycles. The van der Waals surface area contributed by atoms with Crippen LogP contribution in [0.25, 0.3) is 10.9 Å². The van der Waals surface area contributed by atoms with Crippen LogP contribution in [0, 0.1) is 11.7 Å². The molecule has 0 unspecified atom stereocenters. The second-order valence-electron chi connectivity index (χ2n) is 12.8. The first-order valence-corrected chi connectivity index (χ1v) is 16.4. The number of carbonyl (C=O) groups excluding carboxylic acids is 3. The number of urea groups is 1. The van der Waals surface area contributed by atoms with Gasteiger partial charge in [-0.1, -0.05) is 36.7 Å². The van der Waals surface area contributed by atoms with Crippen molar-refractivity contribution in [3.8, 4) is 0 Å². The Morgan fingerprint density at radius 3 is 2.43 bits per heavy atom. The zero-order valence-corrected chi connectivity index (χ0v) is 27.6. The maximum atomic E-state index is 14.7. The molecule has 3 atom stereocenters. The number of rotatable bonds is 7. The summed E-state index contributed by atoms with van der Waals surface area (Å²) in [6.45, 7) is 4.55. The number of piperazine rings is 1. The summed E-state index contributed by atoms with van der Waals surface area (Å²) in [6, 6.07) is 17.8. The number of nitrogens with one attached hydrogen (secondary N) is 2. The third kappa shape index (κ3) is 6.99. The van der Waals surface area contributed by atoms with E-state index in [0.717, 1.165) is 40.7 Å². The topological polar surface area (TPSA) is 92.0 Å². The standard InChI is InChI=1S/C36H40ClFN6O3/c1-23(30-20-39-31-7-5-4-6-29(30)31)33(35(46)44-22-24(21-41(2)3)18-26-19-27(37)10-13-32(26)44)40-36(47)43-16-14-42(15-17-43)34(45)25-8-11-28(38)12-9-25/h4-13,19-20,23-24,33,39H,14-18,21-22H2,1-3H3,(H,40,47)/t23-,24+,33+/m0/s1. The van der Waals surface area contributed by atoms with Gasteiger partial charge in [-0.05, 0) is 86.1 Å². The first-order chi connectivity index (χ1) is 22.6. The SMILES string of the molecule is C[C@@H](c1c[nH]c2ccccc12)[C@@H](NC(=O)N1CCN(C(=O)c2ccc(F)cc2)CC1)C(=O)N1C[C@@H](CN(C)C)Cc2cc(Cl)ccc21. The van der Waals surface area contributed by atoms with E-state index in [4.69, 9.17) is 11.6 Å². The Labute approximate surface area is 279 Å². The van der Waals surface area contributed by atoms with Crippen LogP contribution >= 0.6 is 11.6 Å². The number of fused-ring (bicyclic) bond motifs is 2. The van der Waals surface area contributed by atoms with Crippen molar-refractivity contribution in [1.29, 1.82) is 0 Å². The number of nitrogens with zero attached hydrogens (tertiary/aromatic N) is 4. The van der Waals surface area contributed by atoms with Gasteiger partial charge in [-0.2, -0.15) is 0 Å². The van der Waals surface area contributed by atoms with Gasteiger partial charge < -0.3 is 29.9 Å². The number of H-pyrrole nitrogens is 1. The van der Waals surface area contributed by atoms with E-state index in [2.05, 4.69) is 15.2 Å². The number of para-hydroxylation sites is 1. The van der Waals surface area contributed by atoms with Crippen LogP contribution in [0.2, 0.25) is 5.02 Å². The fraction of sp³-hybridized carbons (Fsp3) is 0.361. The normalized spacial score (nSPS) is 17.8. The van der Waals surface area contributed by atoms with Crippen molar-refractivity contribution in [3.05, 3.63) is 100 Å². The molecule has 2 N–H and O–H groups in total. The fourth-order valence-corrected chi connectivity index (χ4v) is 7.09. The first kappa shape index (κ1) is 32.5. The third-order valence-corrected chi connectivity index (χ3v) is 9.51. The molecule has 4 amide bonds. The lowest BCUT2D eigenvalue weighted by molar-refractivity contribution is -0.121. The minimum atomic E-state index is -0.873. The molecule has 0 bridgehead atoms. The number of carbonyl (C=O) groups is 3. The van der Waals surface area contributed by atoms with Crippen molar-refractivity contribution in [2.45, 2.75) is 25.3 Å². The molecule has 3 heterocycles. The van der Waals surface area contributed by atoms with E-state index in [1.807, 2.05) is 68.5 Å². The number of hydrogen-bond acceptors (Lipinski definition) is 4. The van der Waals surface area contributed by atoms with Crippen molar-refractivity contribution in [2.24, 2.45) is 5.92 Å². The molecule has 1 fully saturated rings. The Morgan fingerprint density at radius 2 is 1.70 bits per heavy atom. The van der Waals surface area contributed by atoms with Crippen LogP contribution in [-0.4, -0.2) is 96.9 Å². The molecular formula is C36H40ClFN6O3. The monoisotopic (exact) mass is 658 g/mol. The minimum Gasteiger partial charge on any atom is -0.361 e. The summed E-state index contributed by atoms with van der Waals surface area (Å²) in [6.07, 6.45) is 2.72. The number of halogens is 2. The molecule has 6 rings (SSSR count). The predicted molar refractivity (Wildman–Crippen MR) is 182 cm³/mol. The highest BCUT2D eigenvalue weighted by molar-refractivity contribution is 6.30. The minimum absolute atomic E-state index is 0.186. The molecule has 0 spiro atoms. The Kier molecular flexibility index (Phi) is 9.52. The number of anilines is 1. The van der Waals surface area contributed by atoms with E-state index in [1.165, 1.54) is 24.3 Å². The number of aromatic nitrogens is 1. The summed E-state index contributed by atoms with van der Waals surface area (Å²) in [4.78, 5) is 52.2. The van der Waals surface area contributed by atoms with E-state index < -0.39 is 11.9 Å². The van der Waals surface area contributed by atoms with E-state index in [1.54, 1.807) is 15.9 Å². The van der Waals surface area contributed by atoms with Crippen LogP contribution in [-0.2, 0) is 11.2 Å². The second kappa shape index (κ2) is 13.8. The van der Waals surface area contributed by atoms with Crippen LogP contribution in [0.1, 0.15) is 34.3 Å². The second-order valence-corrected chi connectivity index (χ2v) is 13.3. The van der Waals surface area contributed by atoms with Gasteiger partial charge in [0.05, 0.1) is 0 Å². The largest absolute Gasteiger partial charge is 0.361 e. The highest BCUT2D eigenvalue weighted by Gasteiger charge is 2.38. The fourth-order valence-electron chi connectivity index (χ4n) is 6.89. The average Bonchev–Trinajstić information content (AvgIpc) is 3.50. The van der Waals surface area contributed by atoms with Gasteiger partial charge in [-0.3, -0.25) is 9.59 Å². The number of aromatic amines is 1. The third-order valence-electron chi connectivity index (χ3n) is 9.27. The Morgan fingerprint density at radius 1 is 1.00 bits per heavy atom. The molecule has 1 saturated heterocycles. The molecule has 2 aliphatic rings. The lowest BCUT2D eigenvalue weighted by Crippen LogP contribution is -2.59. The van der Waals surface area contributed by atoms with Gasteiger partial charge in [0, 0.05) is 78.6 Å². The highest BCUT2D eigenvalue weighted by Crippen LogP contribution is 2.35. The molecule has 1 aromatic heterocycles. The van der Waals surface area contributed by atoms with Gasteiger partial charge in [0.2, 0.25) is 5.91 Å². The van der Waals surface area contributed by atoms with Crippen molar-refractivity contribution in [2.75, 3.05) is 58.3 Å². The van der Waals surface area contributed by atoms with Gasteiger partial charge in [-0.15, -0.1) is 0 Å². The first-order valence-electron chi connectivity index (χ1n) is 16.0. The van der Waals surface area contributed by atoms with Crippen molar-refractivity contribution in [3.63, 3.8) is 0 Å². The van der Waals surface area contributed by atoms with E-state index in [9.17, 15) is 18.8 Å². The molecular weight excluding hydrogens is 619 g/mol. The number of hydrogen-bond donors (Lipinski definition) is 2. The van der Waals surface area contributed by atoms with Crippen LogP contribution < -0.4 is 10.2 Å². The van der Waals surface area contributed by atoms with Gasteiger partial charge in [0.1, 0.15) is 11.9 Å². The van der Waals surface area contributed by atoms with Gasteiger partial charge in [-0.25, -0.2) is 9.18 Å². The van der Waals surface area contributed by atoms with E-state index in [-0.39, 0.29) is 29.7 Å². The Balaban J connectivity index is 1.25. The molecule has 0 radical (unpaired) electrons. The number of amides is 4. The lowest BCUT2D eigenvalue weighted by atomic mass is 9.88. The predicted octanol–water partition coefficient (Wildman–Crippen LogP) is 5.37. The summed E-state index contributed by atoms with van der Waals surface area (Å²) < 4.78 is 13.4. The summed E-state index contributed by atoms with van der Waals surface area (Å²) in [5.41, 5.74) is 4.12. The highest BCUT2D eigenvalue weighted by atomic mass is 35.5. The van der Waals surface area contributed by atoms with E-state index >= 15 is 0 Å². The van der Waals surface area contributed by atoms with Crippen LogP contribution in [0.5, 0.6) is 0 Å². The molecule has 2 aliphatic heterocycles. The average molecular weight is 659 g/mol. The van der Waals surface area contributed by atoms with Crippen LogP contribution in [0.15, 0.2) is 72.9 Å². The van der Waals surface area contributed by atoms with Crippen LogP contribution in [0.3, 0.4) is 0 Å².